The van der Waals surface area contributed by atoms with Gasteiger partial charge < -0.3 is 16.0 Å². The van der Waals surface area contributed by atoms with Gasteiger partial charge in [0.15, 0.2) is 5.13 Å². The summed E-state index contributed by atoms with van der Waals surface area (Å²) in [5.41, 5.74) is 2.28. The van der Waals surface area contributed by atoms with Crippen molar-refractivity contribution >= 4 is 45.5 Å². The average molecular weight is 443 g/mol. The summed E-state index contributed by atoms with van der Waals surface area (Å²) in [5.74, 6) is -0.470. The van der Waals surface area contributed by atoms with Crippen LogP contribution in [0, 0.1) is 6.92 Å². The molecule has 3 amide bonds. The first-order valence-electron chi connectivity index (χ1n) is 9.35. The van der Waals surface area contributed by atoms with Crippen molar-refractivity contribution in [3.05, 3.63) is 57.8 Å². The van der Waals surface area contributed by atoms with Crippen LogP contribution in [0.25, 0.3) is 10.6 Å². The number of carbonyl (C=O) groups excluding carboxylic acids is 3. The lowest BCUT2D eigenvalue weighted by atomic mass is 10.1. The number of benzene rings is 1. The van der Waals surface area contributed by atoms with Crippen molar-refractivity contribution < 1.29 is 14.4 Å². The third-order valence-electron chi connectivity index (χ3n) is 4.20. The van der Waals surface area contributed by atoms with Crippen molar-refractivity contribution in [3.8, 4) is 10.6 Å². The number of nitrogens with one attached hydrogen (secondary N) is 3. The van der Waals surface area contributed by atoms with E-state index in [-0.39, 0.29) is 30.7 Å². The van der Waals surface area contributed by atoms with E-state index in [0.717, 1.165) is 21.0 Å². The molecule has 0 aliphatic heterocycles. The molecule has 9 heteroatoms. The highest BCUT2D eigenvalue weighted by Crippen LogP contribution is 2.30. The molecule has 0 fully saturated rings. The Morgan fingerprint density at radius 3 is 2.63 bits per heavy atom. The van der Waals surface area contributed by atoms with Crippen LogP contribution in [0.4, 0.5) is 5.13 Å². The smallest absolute Gasteiger partial charge is 0.251 e. The molecule has 3 N–H and O–H groups in total. The first-order chi connectivity index (χ1) is 14.4. The molecule has 2 aromatic heterocycles. The molecule has 0 spiro atoms. The minimum absolute atomic E-state index is 0.0706. The van der Waals surface area contributed by atoms with Gasteiger partial charge in [0.25, 0.3) is 5.91 Å². The number of aryl methyl sites for hydroxylation is 1. The number of hydrogen-bond donors (Lipinski definition) is 3. The van der Waals surface area contributed by atoms with Crippen LogP contribution in [0.15, 0.2) is 41.8 Å². The lowest BCUT2D eigenvalue weighted by Crippen LogP contribution is -2.28. The summed E-state index contributed by atoms with van der Waals surface area (Å²) in [7, 11) is 0. The number of thiophene rings is 1. The van der Waals surface area contributed by atoms with Crippen LogP contribution in [-0.4, -0.2) is 29.3 Å². The Bertz CT molecular complexity index is 1060. The second kappa shape index (κ2) is 10.1. The standard InChI is InChI=1S/C21H22N4O3S2/c1-13-5-3-4-6-16(13)20(28)22-10-9-19(27)25-21-24-17(12-29-21)18-8-7-15(30-18)11-23-14(2)26/h3-8,12H,9-11H2,1-2H3,(H,22,28)(H,23,26)(H,24,25,27). The molecule has 0 aliphatic carbocycles. The van der Waals surface area contributed by atoms with Crippen molar-refractivity contribution in [2.24, 2.45) is 0 Å². The van der Waals surface area contributed by atoms with Crippen molar-refractivity contribution in [3.63, 3.8) is 0 Å². The van der Waals surface area contributed by atoms with Crippen molar-refractivity contribution in [1.29, 1.82) is 0 Å². The number of thiazole rings is 1. The molecular formula is C21H22N4O3S2. The van der Waals surface area contributed by atoms with Crippen LogP contribution >= 0.6 is 22.7 Å². The van der Waals surface area contributed by atoms with Crippen LogP contribution in [-0.2, 0) is 16.1 Å². The SMILES string of the molecule is CC(=O)NCc1ccc(-c2csc(NC(=O)CCNC(=O)c3ccccc3C)n2)s1. The normalized spacial score (nSPS) is 10.5. The zero-order valence-corrected chi connectivity index (χ0v) is 18.3. The Morgan fingerprint density at radius 1 is 1.07 bits per heavy atom. The number of nitrogens with zero attached hydrogens (tertiary/aromatic N) is 1. The summed E-state index contributed by atoms with van der Waals surface area (Å²) in [6, 6.07) is 11.2. The molecule has 1 aromatic carbocycles. The van der Waals surface area contributed by atoms with Crippen LogP contribution < -0.4 is 16.0 Å². The van der Waals surface area contributed by atoms with E-state index >= 15 is 0 Å². The predicted molar refractivity (Wildman–Crippen MR) is 120 cm³/mol. The van der Waals surface area contributed by atoms with E-state index in [4.69, 9.17) is 0 Å². The largest absolute Gasteiger partial charge is 0.352 e. The second-order valence-electron chi connectivity index (χ2n) is 6.58. The molecule has 3 aromatic rings. The van der Waals surface area contributed by atoms with Gasteiger partial charge in [0.05, 0.1) is 17.1 Å². The fraction of sp³-hybridized carbons (Fsp3) is 0.238. The van der Waals surface area contributed by atoms with Gasteiger partial charge >= 0.3 is 0 Å². The number of carbonyl (C=O) groups is 3. The summed E-state index contributed by atoms with van der Waals surface area (Å²) in [6.45, 7) is 4.09. The molecular weight excluding hydrogens is 420 g/mol. The Labute approximate surface area is 182 Å². The highest BCUT2D eigenvalue weighted by Gasteiger charge is 2.12. The van der Waals surface area contributed by atoms with Gasteiger partial charge in [-0.05, 0) is 30.7 Å². The van der Waals surface area contributed by atoms with Gasteiger partial charge in [0.1, 0.15) is 0 Å². The van der Waals surface area contributed by atoms with Crippen LogP contribution in [0.2, 0.25) is 0 Å². The molecule has 156 valence electrons. The van der Waals surface area contributed by atoms with E-state index in [1.165, 1.54) is 18.3 Å². The minimum Gasteiger partial charge on any atom is -0.352 e. The van der Waals surface area contributed by atoms with E-state index in [1.54, 1.807) is 17.4 Å². The number of amides is 3. The Morgan fingerprint density at radius 2 is 1.87 bits per heavy atom. The van der Waals surface area contributed by atoms with Gasteiger partial charge in [-0.1, -0.05) is 18.2 Å². The summed E-state index contributed by atoms with van der Waals surface area (Å²) in [4.78, 5) is 41.8. The molecule has 7 nitrogen and oxygen atoms in total. The lowest BCUT2D eigenvalue weighted by molar-refractivity contribution is -0.119. The van der Waals surface area contributed by atoms with E-state index in [9.17, 15) is 14.4 Å². The fourth-order valence-electron chi connectivity index (χ4n) is 2.66. The van der Waals surface area contributed by atoms with E-state index in [2.05, 4.69) is 20.9 Å². The van der Waals surface area contributed by atoms with E-state index in [1.807, 2.05) is 42.6 Å². The molecule has 0 saturated carbocycles. The maximum Gasteiger partial charge on any atom is 0.251 e. The molecule has 0 radical (unpaired) electrons. The molecule has 3 rings (SSSR count). The average Bonchev–Trinajstić information content (AvgIpc) is 3.36. The minimum atomic E-state index is -0.210. The summed E-state index contributed by atoms with van der Waals surface area (Å²) in [6.07, 6.45) is 0.159. The second-order valence-corrected chi connectivity index (χ2v) is 8.61. The van der Waals surface area contributed by atoms with E-state index in [0.29, 0.717) is 17.2 Å². The Hall–Kier alpha value is -3.04. The maximum absolute atomic E-state index is 12.2. The summed E-state index contributed by atoms with van der Waals surface area (Å²) < 4.78 is 0. The van der Waals surface area contributed by atoms with Gasteiger partial charge in [-0.25, -0.2) is 4.98 Å². The van der Waals surface area contributed by atoms with Crippen LogP contribution in [0.5, 0.6) is 0 Å². The first kappa shape index (κ1) is 21.7. The van der Waals surface area contributed by atoms with Gasteiger partial charge in [0.2, 0.25) is 11.8 Å². The third kappa shape index (κ3) is 5.98. The lowest BCUT2D eigenvalue weighted by Gasteiger charge is -2.07. The third-order valence-corrected chi connectivity index (χ3v) is 6.07. The molecule has 30 heavy (non-hydrogen) atoms. The van der Waals surface area contributed by atoms with Crippen LogP contribution in [0.3, 0.4) is 0 Å². The first-order valence-corrected chi connectivity index (χ1v) is 11.0. The van der Waals surface area contributed by atoms with Gasteiger partial charge in [-0.3, -0.25) is 14.4 Å². The Balaban J connectivity index is 1.47. The van der Waals surface area contributed by atoms with Gasteiger partial charge in [0, 0.05) is 35.7 Å². The molecule has 0 saturated heterocycles. The quantitative estimate of drug-likeness (QED) is 0.496. The zero-order valence-electron chi connectivity index (χ0n) is 16.7. The molecule has 0 bridgehead atoms. The maximum atomic E-state index is 12.2. The highest BCUT2D eigenvalue weighted by atomic mass is 32.1. The fourth-order valence-corrected chi connectivity index (χ4v) is 4.37. The van der Waals surface area contributed by atoms with Crippen molar-refractivity contribution in [2.75, 3.05) is 11.9 Å². The Kier molecular flexibility index (Phi) is 7.31. The topological polar surface area (TPSA) is 100 Å². The molecule has 0 unspecified atom stereocenters. The van der Waals surface area contributed by atoms with Gasteiger partial charge in [-0.2, -0.15) is 0 Å². The van der Waals surface area contributed by atoms with Crippen molar-refractivity contribution in [1.82, 2.24) is 15.6 Å². The highest BCUT2D eigenvalue weighted by molar-refractivity contribution is 7.17. The monoisotopic (exact) mass is 442 g/mol. The van der Waals surface area contributed by atoms with Crippen LogP contribution in [0.1, 0.15) is 34.1 Å². The summed E-state index contributed by atoms with van der Waals surface area (Å²) >= 11 is 2.89. The van der Waals surface area contributed by atoms with Crippen molar-refractivity contribution in [2.45, 2.75) is 26.8 Å². The number of anilines is 1. The van der Waals surface area contributed by atoms with Gasteiger partial charge in [-0.15, -0.1) is 22.7 Å². The number of rotatable bonds is 8. The summed E-state index contributed by atoms with van der Waals surface area (Å²) in [5, 5.41) is 10.7. The number of aromatic nitrogens is 1. The number of hydrogen-bond acceptors (Lipinski definition) is 6. The molecule has 0 atom stereocenters. The van der Waals surface area contributed by atoms with E-state index < -0.39 is 0 Å². The zero-order chi connectivity index (χ0) is 21.5. The predicted octanol–water partition coefficient (Wildman–Crippen LogP) is 3.57. The molecule has 2 heterocycles. The molecule has 0 aliphatic rings.